The van der Waals surface area contributed by atoms with Gasteiger partial charge in [0.15, 0.2) is 0 Å². The highest BCUT2D eigenvalue weighted by atomic mass is 32.2. The van der Waals surface area contributed by atoms with Gasteiger partial charge in [-0.25, -0.2) is 13.1 Å². The van der Waals surface area contributed by atoms with Gasteiger partial charge in [0.25, 0.3) is 21.6 Å². The Morgan fingerprint density at radius 2 is 1.69 bits per heavy atom. The summed E-state index contributed by atoms with van der Waals surface area (Å²) in [6, 6.07) is 28.6. The minimum atomic E-state index is -4.44. The molecule has 340 valence electrons. The number of hydrogen-bond acceptors (Lipinski definition) is 12. The van der Waals surface area contributed by atoms with Crippen LogP contribution in [0.4, 0.5) is 17.1 Å². The third-order valence-electron chi connectivity index (χ3n) is 13.7. The number of methoxy groups -OCH3 is 1. The maximum Gasteiger partial charge on any atom is 0.293 e. The second-order valence-electron chi connectivity index (χ2n) is 17.9. The molecule has 0 aromatic heterocycles. The lowest BCUT2D eigenvalue weighted by Crippen LogP contribution is -2.60. The van der Waals surface area contributed by atoms with Gasteiger partial charge in [0.2, 0.25) is 5.91 Å². The van der Waals surface area contributed by atoms with E-state index in [1.807, 2.05) is 24.3 Å². The number of nitro groups is 1. The van der Waals surface area contributed by atoms with Crippen LogP contribution >= 0.6 is 0 Å². The summed E-state index contributed by atoms with van der Waals surface area (Å²) in [5, 5.41) is 14.8. The van der Waals surface area contributed by atoms with Crippen LogP contribution in [0.15, 0.2) is 95.9 Å². The number of amides is 2. The van der Waals surface area contributed by atoms with Gasteiger partial charge < -0.3 is 24.6 Å². The summed E-state index contributed by atoms with van der Waals surface area (Å²) in [7, 11) is -2.74. The molecular weight excluding hydrogens is 835 g/mol. The SMILES string of the molecule is COc1ccc(CN2CCN(C3CC4(CCN(c5ccc(C(=O)NS(=O)(=O)c6ccc(NCCN7CCOCC7=O)c([N+](=O)[O-])c6)cc5)CC4)C3)C(c3ccccc3C(C)C)C2)cc1. The minimum Gasteiger partial charge on any atom is -0.497 e. The molecule has 3 saturated heterocycles. The Kier molecular flexibility index (Phi) is 13.6. The van der Waals surface area contributed by atoms with E-state index in [1.165, 1.54) is 41.7 Å². The Bertz CT molecular complexity index is 2420. The van der Waals surface area contributed by atoms with E-state index in [-0.39, 0.29) is 30.3 Å². The Morgan fingerprint density at radius 1 is 0.953 bits per heavy atom. The molecule has 1 aliphatic carbocycles. The van der Waals surface area contributed by atoms with Crippen molar-refractivity contribution in [1.29, 1.82) is 0 Å². The molecular formula is C48H59N7O8S. The number of anilines is 2. The molecule has 16 heteroatoms. The number of hydrogen-bond donors (Lipinski definition) is 2. The smallest absolute Gasteiger partial charge is 0.293 e. The summed E-state index contributed by atoms with van der Waals surface area (Å²) >= 11 is 0. The van der Waals surface area contributed by atoms with Crippen LogP contribution in [0, 0.1) is 15.5 Å². The first-order valence-corrected chi connectivity index (χ1v) is 23.8. The Morgan fingerprint density at radius 3 is 2.38 bits per heavy atom. The number of carbonyl (C=O) groups excluding carboxylic acids is 2. The lowest BCUT2D eigenvalue weighted by atomic mass is 9.59. The van der Waals surface area contributed by atoms with Crippen LogP contribution in [0.5, 0.6) is 5.75 Å². The van der Waals surface area contributed by atoms with Crippen LogP contribution in [-0.2, 0) is 26.1 Å². The Hall–Kier alpha value is -5.55. The van der Waals surface area contributed by atoms with Crippen molar-refractivity contribution < 1.29 is 32.4 Å². The summed E-state index contributed by atoms with van der Waals surface area (Å²) in [5.41, 5.74) is 5.24. The van der Waals surface area contributed by atoms with Gasteiger partial charge in [-0.15, -0.1) is 0 Å². The van der Waals surface area contributed by atoms with Gasteiger partial charge in [0, 0.05) is 88.3 Å². The number of piperidine rings is 1. The highest BCUT2D eigenvalue weighted by Crippen LogP contribution is 2.53. The Labute approximate surface area is 375 Å². The van der Waals surface area contributed by atoms with Gasteiger partial charge in [-0.1, -0.05) is 50.2 Å². The van der Waals surface area contributed by atoms with E-state index in [1.54, 1.807) is 24.1 Å². The van der Waals surface area contributed by atoms with E-state index in [2.05, 4.69) is 75.0 Å². The van der Waals surface area contributed by atoms with Crippen molar-refractivity contribution >= 4 is 38.9 Å². The number of nitrogens with zero attached hydrogens (tertiary/aromatic N) is 5. The van der Waals surface area contributed by atoms with Crippen molar-refractivity contribution in [1.82, 2.24) is 19.4 Å². The minimum absolute atomic E-state index is 0.00819. The fourth-order valence-electron chi connectivity index (χ4n) is 10.0. The topological polar surface area (TPSA) is 167 Å². The van der Waals surface area contributed by atoms with E-state index in [4.69, 9.17) is 9.47 Å². The number of nitrogens with one attached hydrogen (secondary N) is 2. The van der Waals surface area contributed by atoms with E-state index in [0.717, 1.165) is 69.6 Å². The van der Waals surface area contributed by atoms with Crippen LogP contribution in [0.1, 0.15) is 78.5 Å². The molecule has 8 rings (SSSR count). The largest absolute Gasteiger partial charge is 0.497 e. The molecule has 64 heavy (non-hydrogen) atoms. The van der Waals surface area contributed by atoms with Crippen LogP contribution in [0.25, 0.3) is 0 Å². The third kappa shape index (κ3) is 10.0. The number of piperazine rings is 1. The van der Waals surface area contributed by atoms with E-state index >= 15 is 0 Å². The third-order valence-corrected chi connectivity index (χ3v) is 15.0. The first-order valence-electron chi connectivity index (χ1n) is 22.3. The fraction of sp³-hybridized carbons (Fsp3) is 0.458. The van der Waals surface area contributed by atoms with Crippen molar-refractivity contribution in [3.05, 3.63) is 123 Å². The Balaban J connectivity index is 0.852. The highest BCUT2D eigenvalue weighted by molar-refractivity contribution is 7.90. The van der Waals surface area contributed by atoms with Crippen molar-refractivity contribution in [2.75, 3.05) is 82.9 Å². The molecule has 1 atom stereocenters. The number of ether oxygens (including phenoxy) is 2. The molecule has 1 spiro atoms. The fourth-order valence-corrected chi connectivity index (χ4v) is 11.0. The zero-order valence-corrected chi connectivity index (χ0v) is 37.7. The first-order chi connectivity index (χ1) is 30.8. The molecule has 3 heterocycles. The average Bonchev–Trinajstić information content (AvgIpc) is 3.29. The average molecular weight is 894 g/mol. The summed E-state index contributed by atoms with van der Waals surface area (Å²) in [6.07, 6.45) is 4.55. The zero-order valence-electron chi connectivity index (χ0n) is 36.9. The molecule has 4 aromatic carbocycles. The molecule has 2 N–H and O–H groups in total. The number of benzene rings is 4. The molecule has 2 amide bonds. The van der Waals surface area contributed by atoms with Gasteiger partial charge in [0.1, 0.15) is 18.0 Å². The van der Waals surface area contributed by atoms with E-state index in [0.29, 0.717) is 43.1 Å². The van der Waals surface area contributed by atoms with E-state index in [9.17, 15) is 28.1 Å². The van der Waals surface area contributed by atoms with Crippen molar-refractivity contribution in [3.8, 4) is 5.75 Å². The predicted octanol–water partition coefficient (Wildman–Crippen LogP) is 6.42. The summed E-state index contributed by atoms with van der Waals surface area (Å²) < 4.78 is 39.1. The molecule has 4 fully saturated rings. The highest BCUT2D eigenvalue weighted by Gasteiger charge is 2.50. The maximum absolute atomic E-state index is 13.3. The summed E-state index contributed by atoms with van der Waals surface area (Å²) in [5.74, 6) is 0.312. The van der Waals surface area contributed by atoms with Crippen molar-refractivity contribution in [2.24, 2.45) is 5.41 Å². The maximum atomic E-state index is 13.3. The van der Waals surface area contributed by atoms with Crippen LogP contribution < -0.4 is 19.7 Å². The van der Waals surface area contributed by atoms with Crippen molar-refractivity contribution in [3.63, 3.8) is 0 Å². The van der Waals surface area contributed by atoms with Gasteiger partial charge in [-0.3, -0.25) is 29.5 Å². The predicted molar refractivity (Wildman–Crippen MR) is 245 cm³/mol. The van der Waals surface area contributed by atoms with Crippen LogP contribution in [0.3, 0.4) is 0 Å². The molecule has 4 aromatic rings. The first kappa shape index (κ1) is 45.0. The second-order valence-corrected chi connectivity index (χ2v) is 19.6. The number of morpholine rings is 1. The molecule has 0 bridgehead atoms. The summed E-state index contributed by atoms with van der Waals surface area (Å²) in [6.45, 7) is 11.7. The quantitative estimate of drug-likeness (QED) is 0.0995. The van der Waals surface area contributed by atoms with Gasteiger partial charge in [-0.05, 0) is 102 Å². The normalized spacial score (nSPS) is 19.7. The standard InChI is InChI=1S/C48H59N7O8S/c1-34(2)41-6-4-5-7-42(41)45-32-51(31-35-8-14-39(62-3)15-9-35)24-25-54(45)38-29-48(30-38)18-21-52(22-19-48)37-12-10-36(11-13-37)47(57)50-64(60,61)40-16-17-43(44(28-40)55(58)59)49-20-23-53-26-27-63-33-46(53)56/h4-17,28,34,38,45,49H,18-27,29-33H2,1-3H3,(H,50,57). The molecule has 1 saturated carbocycles. The van der Waals surface area contributed by atoms with Crippen molar-refractivity contribution in [2.45, 2.75) is 69.0 Å². The molecule has 15 nitrogen and oxygen atoms in total. The molecule has 4 aliphatic rings. The zero-order chi connectivity index (χ0) is 45.0. The van der Waals surface area contributed by atoms with Crippen LogP contribution in [0.2, 0.25) is 0 Å². The number of sulfonamides is 1. The lowest BCUT2D eigenvalue weighted by Gasteiger charge is -2.58. The second kappa shape index (κ2) is 19.3. The summed E-state index contributed by atoms with van der Waals surface area (Å²) in [4.78, 5) is 45.3. The van der Waals surface area contributed by atoms with E-state index < -0.39 is 31.4 Å². The number of carbonyl (C=O) groups is 2. The van der Waals surface area contributed by atoms with Gasteiger partial charge in [0.05, 0.1) is 23.5 Å². The van der Waals surface area contributed by atoms with Crippen LogP contribution in [-0.4, -0.2) is 119 Å². The van der Waals surface area contributed by atoms with Gasteiger partial charge in [-0.2, -0.15) is 0 Å². The molecule has 3 aliphatic heterocycles. The monoisotopic (exact) mass is 893 g/mol. The molecule has 1 unspecified atom stereocenters. The lowest BCUT2D eigenvalue weighted by molar-refractivity contribution is -0.384. The van der Waals surface area contributed by atoms with Gasteiger partial charge >= 0.3 is 0 Å². The molecule has 0 radical (unpaired) electrons. The number of nitro benzene ring substituents is 1. The number of rotatable bonds is 15.